The molecule has 0 spiro atoms. The lowest BCUT2D eigenvalue weighted by Crippen LogP contribution is -2.08. The van der Waals surface area contributed by atoms with Crippen molar-refractivity contribution in [2.75, 3.05) is 0 Å². The summed E-state index contributed by atoms with van der Waals surface area (Å²) in [5.74, 6) is 0. The van der Waals surface area contributed by atoms with Crippen LogP contribution in [-0.2, 0) is 72.6 Å². The summed E-state index contributed by atoms with van der Waals surface area (Å²) in [6.45, 7) is 3.64. The van der Waals surface area contributed by atoms with Gasteiger partial charge in [0.05, 0.1) is 19.6 Å². The predicted octanol–water partition coefficient (Wildman–Crippen LogP) is 7.24. The first-order valence-corrected chi connectivity index (χ1v) is 23.3. The van der Waals surface area contributed by atoms with Gasteiger partial charge >= 0.3 is 0 Å². The van der Waals surface area contributed by atoms with Gasteiger partial charge in [-0.3, -0.25) is 18.2 Å². The second-order valence-electron chi connectivity index (χ2n) is 13.6. The third kappa shape index (κ3) is 12.3. The van der Waals surface area contributed by atoms with E-state index in [1.807, 2.05) is 0 Å². The summed E-state index contributed by atoms with van der Waals surface area (Å²) in [6.07, 6.45) is 7.21. The van der Waals surface area contributed by atoms with Crippen LogP contribution in [-0.4, -0.2) is 51.9 Å². The molecule has 4 aromatic rings. The molecule has 4 N–H and O–H groups in total. The lowest BCUT2D eigenvalue weighted by molar-refractivity contribution is 0.479. The summed E-state index contributed by atoms with van der Waals surface area (Å²) in [5, 5.41) is 0. The smallest absolute Gasteiger partial charge is 0.282 e. The Labute approximate surface area is 318 Å². The maximum atomic E-state index is 12.5. The van der Waals surface area contributed by atoms with Crippen LogP contribution in [0, 0.1) is 6.92 Å². The molecule has 0 amide bonds. The Morgan fingerprint density at radius 1 is 0.407 bits per heavy atom. The van der Waals surface area contributed by atoms with E-state index in [9.17, 15) is 51.9 Å². The fourth-order valence-corrected chi connectivity index (χ4v) is 9.72. The molecular weight excluding hydrogens is 777 g/mol. The fraction of sp³-hybridized carbons (Fsp3) is 0.368. The maximum Gasteiger partial charge on any atom is 0.294 e. The molecule has 294 valence electrons. The molecule has 16 heteroatoms. The van der Waals surface area contributed by atoms with Gasteiger partial charge < -0.3 is 0 Å². The van der Waals surface area contributed by atoms with Crippen LogP contribution in [0.1, 0.15) is 96.4 Å². The first-order chi connectivity index (χ1) is 25.2. The summed E-state index contributed by atoms with van der Waals surface area (Å²) in [7, 11) is -18.4. The number of aryl methyl sites for hydroxylation is 4. The topological polar surface area (TPSA) is 217 Å². The molecule has 0 radical (unpaired) electrons. The number of rotatable bonds is 19. The molecule has 0 heterocycles. The Morgan fingerprint density at radius 2 is 0.722 bits per heavy atom. The van der Waals surface area contributed by atoms with Crippen LogP contribution in [0.25, 0.3) is 0 Å². The van der Waals surface area contributed by atoms with Crippen molar-refractivity contribution in [3.05, 3.63) is 117 Å². The Kier molecular flexibility index (Phi) is 14.4. The minimum atomic E-state index is -4.71. The molecule has 0 aliphatic rings. The molecule has 0 aromatic heterocycles. The minimum Gasteiger partial charge on any atom is -0.282 e. The molecular formula is C38H46O12S4. The molecule has 0 fully saturated rings. The monoisotopic (exact) mass is 822 g/mol. The molecule has 12 nitrogen and oxygen atoms in total. The minimum absolute atomic E-state index is 0.0934. The number of hydrogen-bond acceptors (Lipinski definition) is 8. The molecule has 54 heavy (non-hydrogen) atoms. The highest BCUT2D eigenvalue weighted by atomic mass is 32.2. The lowest BCUT2D eigenvalue weighted by atomic mass is 9.98. The number of benzene rings is 4. The third-order valence-corrected chi connectivity index (χ3v) is 13.1. The van der Waals surface area contributed by atoms with Gasteiger partial charge in [-0.15, -0.1) is 0 Å². The predicted molar refractivity (Wildman–Crippen MR) is 204 cm³/mol. The Bertz CT molecular complexity index is 2420. The summed E-state index contributed by atoms with van der Waals surface area (Å²) in [6, 6.07) is 18.0. The largest absolute Gasteiger partial charge is 0.294 e. The zero-order valence-corrected chi connectivity index (χ0v) is 33.4. The van der Waals surface area contributed by atoms with Crippen molar-refractivity contribution in [1.82, 2.24) is 0 Å². The Morgan fingerprint density at radius 3 is 1.09 bits per heavy atom. The van der Waals surface area contributed by atoms with Crippen molar-refractivity contribution in [2.24, 2.45) is 0 Å². The van der Waals surface area contributed by atoms with Gasteiger partial charge in [0.1, 0.15) is 0 Å². The molecule has 0 bridgehead atoms. The van der Waals surface area contributed by atoms with Gasteiger partial charge in [-0.2, -0.15) is 33.7 Å². The first kappa shape index (κ1) is 43.3. The van der Waals surface area contributed by atoms with E-state index in [0.717, 1.165) is 38.5 Å². The van der Waals surface area contributed by atoms with Gasteiger partial charge in [0.15, 0.2) is 0 Å². The highest BCUT2D eigenvalue weighted by molar-refractivity contribution is 7.86. The molecule has 0 saturated heterocycles. The van der Waals surface area contributed by atoms with Crippen LogP contribution < -0.4 is 0 Å². The summed E-state index contributed by atoms with van der Waals surface area (Å²) in [4.78, 5) is -1.20. The maximum absolute atomic E-state index is 12.5. The van der Waals surface area contributed by atoms with Crippen molar-refractivity contribution in [3.8, 4) is 0 Å². The first-order valence-electron chi connectivity index (χ1n) is 17.5. The van der Waals surface area contributed by atoms with E-state index in [4.69, 9.17) is 0 Å². The van der Waals surface area contributed by atoms with E-state index in [1.54, 1.807) is 30.3 Å². The second kappa shape index (κ2) is 18.0. The van der Waals surface area contributed by atoms with Gasteiger partial charge in [-0.05, 0) is 121 Å². The quantitative estimate of drug-likeness (QED) is 0.0544. The number of unbranched alkanes of at least 4 members (excludes halogenated alkanes) is 5. The van der Waals surface area contributed by atoms with Gasteiger partial charge in [0, 0.05) is 0 Å². The Hall–Kier alpha value is -3.48. The van der Waals surface area contributed by atoms with Crippen LogP contribution in [0.15, 0.2) is 92.4 Å². The van der Waals surface area contributed by atoms with Crippen molar-refractivity contribution in [3.63, 3.8) is 0 Å². The Balaban J connectivity index is 1.50. The van der Waals surface area contributed by atoms with E-state index in [1.165, 1.54) is 49.4 Å². The van der Waals surface area contributed by atoms with Gasteiger partial charge in [-0.25, -0.2) is 0 Å². The molecule has 0 aliphatic carbocycles. The van der Waals surface area contributed by atoms with Crippen LogP contribution in [0.4, 0.5) is 0 Å². The molecule has 0 saturated carbocycles. The third-order valence-electron chi connectivity index (χ3n) is 9.27. The lowest BCUT2D eigenvalue weighted by Gasteiger charge is -2.13. The summed E-state index contributed by atoms with van der Waals surface area (Å²) < 4.78 is 137. The van der Waals surface area contributed by atoms with Crippen LogP contribution in [0.3, 0.4) is 0 Å². The van der Waals surface area contributed by atoms with Crippen molar-refractivity contribution in [2.45, 2.75) is 110 Å². The highest BCUT2D eigenvalue weighted by Gasteiger charge is 2.21. The average molecular weight is 823 g/mol. The standard InChI is InChI=1S/C38H46O12S4/c1-3-4-5-6-7-8-10-32-18-15-30(24-36(32)52(42,43)44)22-31-17-20-34(38(26-31)54(48,49)50)12-9-11-33-19-16-29(25-37(33)53(45,46)47)21-28-14-13-27(2)35(23-28)51(39,40)41/h13-20,23-26H,3-12,21-22H2,1-2H3,(H,39,40,41)(H,42,43,44)(H,45,46,47)(H,48,49,50). The van der Waals surface area contributed by atoms with Crippen LogP contribution in [0.2, 0.25) is 0 Å². The highest BCUT2D eigenvalue weighted by Crippen LogP contribution is 2.27. The van der Waals surface area contributed by atoms with Gasteiger partial charge in [-0.1, -0.05) is 87.6 Å². The molecule has 0 unspecified atom stereocenters. The van der Waals surface area contributed by atoms with Crippen LogP contribution >= 0.6 is 0 Å². The van der Waals surface area contributed by atoms with E-state index in [0.29, 0.717) is 39.8 Å². The molecule has 4 rings (SSSR count). The fourth-order valence-electron chi connectivity index (χ4n) is 6.54. The van der Waals surface area contributed by atoms with E-state index < -0.39 is 40.5 Å². The zero-order valence-electron chi connectivity index (χ0n) is 30.1. The normalized spacial score (nSPS) is 12.6. The second-order valence-corrected chi connectivity index (χ2v) is 19.1. The summed E-state index contributed by atoms with van der Waals surface area (Å²) in [5.41, 5.74) is 3.22. The molecule has 4 aromatic carbocycles. The molecule has 0 atom stereocenters. The number of hydrogen-bond donors (Lipinski definition) is 4. The van der Waals surface area contributed by atoms with E-state index in [2.05, 4.69) is 6.92 Å². The van der Waals surface area contributed by atoms with Gasteiger partial charge in [0.2, 0.25) is 0 Å². The molecule has 0 aliphatic heterocycles. The van der Waals surface area contributed by atoms with Gasteiger partial charge in [0.25, 0.3) is 40.5 Å². The van der Waals surface area contributed by atoms with E-state index in [-0.39, 0.29) is 62.8 Å². The van der Waals surface area contributed by atoms with Crippen LogP contribution in [0.5, 0.6) is 0 Å². The van der Waals surface area contributed by atoms with Crippen molar-refractivity contribution in [1.29, 1.82) is 0 Å². The van der Waals surface area contributed by atoms with Crippen molar-refractivity contribution < 1.29 is 51.9 Å². The average Bonchev–Trinajstić information content (AvgIpc) is 3.07. The van der Waals surface area contributed by atoms with Crippen molar-refractivity contribution >= 4 is 40.5 Å². The zero-order chi connectivity index (χ0) is 39.9. The SMILES string of the molecule is CCCCCCCCc1ccc(Cc2ccc(CCCc3ccc(Cc4ccc(C)c(S(=O)(=O)O)c4)cc3S(=O)(=O)O)c(S(=O)(=O)O)c2)cc1S(=O)(=O)O. The summed E-state index contributed by atoms with van der Waals surface area (Å²) >= 11 is 0. The van der Waals surface area contributed by atoms with E-state index >= 15 is 0 Å².